The standard InChI is InChI=1S/C8H10Cl2.Pd/c9-7-5-3-1-2-4-6-8(7)10;/h1-2H,3-6H2;/b2-1-,8-7-;. The van der Waals surface area contributed by atoms with Crippen molar-refractivity contribution >= 4 is 23.2 Å². The summed E-state index contributed by atoms with van der Waals surface area (Å²) in [6, 6.07) is 0. The molecule has 1 rings (SSSR count). The van der Waals surface area contributed by atoms with Gasteiger partial charge in [-0.3, -0.25) is 0 Å². The van der Waals surface area contributed by atoms with Gasteiger partial charge in [-0.1, -0.05) is 35.4 Å². The van der Waals surface area contributed by atoms with Crippen LogP contribution in [0.15, 0.2) is 22.2 Å². The summed E-state index contributed by atoms with van der Waals surface area (Å²) in [6.45, 7) is 0. The monoisotopic (exact) mass is 282 g/mol. The van der Waals surface area contributed by atoms with E-state index in [0.717, 1.165) is 35.7 Å². The fourth-order valence-electron chi connectivity index (χ4n) is 0.927. The third kappa shape index (κ3) is 4.33. The first-order chi connectivity index (χ1) is 4.80. The molecule has 0 unspecified atom stereocenters. The van der Waals surface area contributed by atoms with Crippen molar-refractivity contribution < 1.29 is 20.4 Å². The summed E-state index contributed by atoms with van der Waals surface area (Å²) < 4.78 is 0. The molecule has 1 aliphatic carbocycles. The molecule has 0 aromatic heterocycles. The van der Waals surface area contributed by atoms with Crippen LogP contribution >= 0.6 is 23.2 Å². The zero-order valence-electron chi connectivity index (χ0n) is 6.06. The summed E-state index contributed by atoms with van der Waals surface area (Å²) in [5.74, 6) is 0. The minimum atomic E-state index is 0. The zero-order chi connectivity index (χ0) is 7.40. The molecule has 0 nitrogen and oxygen atoms in total. The van der Waals surface area contributed by atoms with Crippen molar-refractivity contribution in [2.24, 2.45) is 0 Å². The molecule has 0 saturated carbocycles. The maximum atomic E-state index is 5.86. The van der Waals surface area contributed by atoms with Crippen LogP contribution in [-0.2, 0) is 20.4 Å². The van der Waals surface area contributed by atoms with Gasteiger partial charge in [-0.15, -0.1) is 0 Å². The van der Waals surface area contributed by atoms with E-state index in [0.29, 0.717) is 0 Å². The molecule has 0 bridgehead atoms. The van der Waals surface area contributed by atoms with Gasteiger partial charge in [0.25, 0.3) is 0 Å². The number of rotatable bonds is 0. The number of hydrogen-bond acceptors (Lipinski definition) is 0. The fraction of sp³-hybridized carbons (Fsp3) is 0.500. The van der Waals surface area contributed by atoms with Gasteiger partial charge in [0.05, 0.1) is 0 Å². The van der Waals surface area contributed by atoms with Crippen LogP contribution in [0.2, 0.25) is 0 Å². The van der Waals surface area contributed by atoms with E-state index in [4.69, 9.17) is 23.2 Å². The predicted octanol–water partition coefficient (Wildman–Crippen LogP) is 3.80. The van der Waals surface area contributed by atoms with E-state index >= 15 is 0 Å². The van der Waals surface area contributed by atoms with E-state index in [1.54, 1.807) is 0 Å². The van der Waals surface area contributed by atoms with Crippen LogP contribution in [0, 0.1) is 0 Å². The van der Waals surface area contributed by atoms with E-state index in [2.05, 4.69) is 12.2 Å². The Morgan fingerprint density at radius 2 is 1.27 bits per heavy atom. The summed E-state index contributed by atoms with van der Waals surface area (Å²) in [4.78, 5) is 0. The van der Waals surface area contributed by atoms with Crippen LogP contribution in [0.4, 0.5) is 0 Å². The predicted molar refractivity (Wildman–Crippen MR) is 46.3 cm³/mol. The van der Waals surface area contributed by atoms with E-state index in [1.165, 1.54) is 0 Å². The van der Waals surface area contributed by atoms with Gasteiger partial charge in [-0.05, 0) is 25.7 Å². The molecule has 0 aromatic carbocycles. The smallest absolute Gasteiger partial charge is 0.0329 e. The quantitative estimate of drug-likeness (QED) is 0.468. The molecule has 0 heterocycles. The van der Waals surface area contributed by atoms with Crippen LogP contribution in [0.3, 0.4) is 0 Å². The Hall–Kier alpha value is 0.722. The van der Waals surface area contributed by atoms with Crippen LogP contribution in [0.1, 0.15) is 25.7 Å². The molecule has 0 radical (unpaired) electrons. The Balaban J connectivity index is 0.000001000. The van der Waals surface area contributed by atoms with Gasteiger partial charge in [0.1, 0.15) is 0 Å². The largest absolute Gasteiger partial charge is 0.0882 e. The molecule has 0 fully saturated rings. The van der Waals surface area contributed by atoms with E-state index in [-0.39, 0.29) is 20.4 Å². The molecule has 0 saturated heterocycles. The van der Waals surface area contributed by atoms with Crippen molar-refractivity contribution in [3.05, 3.63) is 22.2 Å². The maximum Gasteiger partial charge on any atom is 0.0329 e. The topological polar surface area (TPSA) is 0 Å². The maximum absolute atomic E-state index is 5.86. The van der Waals surface area contributed by atoms with Gasteiger partial charge in [0, 0.05) is 30.5 Å². The zero-order valence-corrected chi connectivity index (χ0v) is 9.12. The van der Waals surface area contributed by atoms with Crippen molar-refractivity contribution in [1.29, 1.82) is 0 Å². The minimum absolute atomic E-state index is 0. The van der Waals surface area contributed by atoms with Gasteiger partial charge >= 0.3 is 0 Å². The molecule has 3 heteroatoms. The Kier molecular flexibility index (Phi) is 6.67. The second kappa shape index (κ2) is 6.26. The van der Waals surface area contributed by atoms with Gasteiger partial charge in [0.15, 0.2) is 0 Å². The van der Waals surface area contributed by atoms with Crippen molar-refractivity contribution in [1.82, 2.24) is 0 Å². The van der Waals surface area contributed by atoms with Crippen LogP contribution in [0.25, 0.3) is 0 Å². The van der Waals surface area contributed by atoms with Crippen LogP contribution in [-0.4, -0.2) is 0 Å². The Morgan fingerprint density at radius 3 is 1.64 bits per heavy atom. The molecule has 0 aliphatic heterocycles. The summed E-state index contributed by atoms with van der Waals surface area (Å²) >= 11 is 11.7. The summed E-state index contributed by atoms with van der Waals surface area (Å²) in [7, 11) is 0. The van der Waals surface area contributed by atoms with Gasteiger partial charge in [-0.25, -0.2) is 0 Å². The molecule has 0 N–H and O–H groups in total. The SMILES string of the molecule is Cl/C1=C(\Cl)CC/C=C\CC1.[Pd]. The Bertz CT molecular complexity index is 155. The summed E-state index contributed by atoms with van der Waals surface area (Å²) in [5.41, 5.74) is 0. The molecule has 0 amide bonds. The first-order valence-electron chi connectivity index (χ1n) is 3.48. The molecular formula is C8H10Cl2Pd. The molecule has 0 atom stereocenters. The molecule has 66 valence electrons. The minimum Gasteiger partial charge on any atom is -0.0882 e. The van der Waals surface area contributed by atoms with Gasteiger partial charge in [-0.2, -0.15) is 0 Å². The third-order valence-corrected chi connectivity index (χ3v) is 2.45. The molecule has 0 aromatic rings. The first kappa shape index (κ1) is 11.7. The van der Waals surface area contributed by atoms with E-state index in [9.17, 15) is 0 Å². The third-order valence-electron chi connectivity index (χ3n) is 1.52. The van der Waals surface area contributed by atoms with Crippen LogP contribution < -0.4 is 0 Å². The van der Waals surface area contributed by atoms with Crippen LogP contribution in [0.5, 0.6) is 0 Å². The second-order valence-electron chi connectivity index (χ2n) is 2.36. The Labute approximate surface area is 91.3 Å². The van der Waals surface area contributed by atoms with E-state index < -0.39 is 0 Å². The molecule has 1 aliphatic rings. The average Bonchev–Trinajstić information content (AvgIpc) is 1.92. The van der Waals surface area contributed by atoms with Gasteiger partial charge in [0.2, 0.25) is 0 Å². The molecular weight excluding hydrogens is 273 g/mol. The van der Waals surface area contributed by atoms with Crippen molar-refractivity contribution in [2.45, 2.75) is 25.7 Å². The second-order valence-corrected chi connectivity index (χ2v) is 3.27. The summed E-state index contributed by atoms with van der Waals surface area (Å²) in [5, 5.41) is 1.68. The first-order valence-corrected chi connectivity index (χ1v) is 4.24. The van der Waals surface area contributed by atoms with E-state index in [1.807, 2.05) is 0 Å². The average molecular weight is 283 g/mol. The van der Waals surface area contributed by atoms with Gasteiger partial charge < -0.3 is 0 Å². The van der Waals surface area contributed by atoms with Crippen molar-refractivity contribution in [3.63, 3.8) is 0 Å². The summed E-state index contributed by atoms with van der Waals surface area (Å²) in [6.07, 6.45) is 8.16. The van der Waals surface area contributed by atoms with Crippen molar-refractivity contribution in [3.8, 4) is 0 Å². The fourth-order valence-corrected chi connectivity index (χ4v) is 1.33. The number of allylic oxidation sites excluding steroid dienone is 4. The normalized spacial score (nSPS) is 28.2. The molecule has 11 heavy (non-hydrogen) atoms. The Morgan fingerprint density at radius 1 is 0.909 bits per heavy atom. The number of hydrogen-bond donors (Lipinski definition) is 0. The number of halogens is 2. The van der Waals surface area contributed by atoms with Crippen molar-refractivity contribution in [2.75, 3.05) is 0 Å². The molecule has 0 spiro atoms.